The molecule has 2 atom stereocenters. The molecule has 0 spiro atoms. The molecule has 0 radical (unpaired) electrons. The largest absolute Gasteiger partial charge is 0.479 e. The average Bonchev–Trinajstić information content (AvgIpc) is 2.93. The molecule has 2 heterocycles. The van der Waals surface area contributed by atoms with E-state index < -0.39 is 12.1 Å². The van der Waals surface area contributed by atoms with Gasteiger partial charge >= 0.3 is 5.97 Å². The van der Waals surface area contributed by atoms with Crippen molar-refractivity contribution in [2.24, 2.45) is 0 Å². The molecule has 1 aliphatic rings. The lowest BCUT2D eigenvalue weighted by Gasteiger charge is -2.14. The first-order valence-corrected chi connectivity index (χ1v) is 7.59. The van der Waals surface area contributed by atoms with E-state index in [9.17, 15) is 4.79 Å². The van der Waals surface area contributed by atoms with Crippen molar-refractivity contribution in [1.82, 2.24) is 4.98 Å². The minimum Gasteiger partial charge on any atom is -0.479 e. The standard InChI is InChI=1S/C15H15BrN2O3/c16-10-6-9-2-1-3-12(14(9)18-7-10)17-8-11-4-5-13(21-11)15(19)20/h1-3,6-7,11,13,17H,4-5,8H2,(H,19,20). The highest BCUT2D eigenvalue weighted by Gasteiger charge is 2.30. The summed E-state index contributed by atoms with van der Waals surface area (Å²) in [7, 11) is 0. The highest BCUT2D eigenvalue weighted by molar-refractivity contribution is 9.10. The second-order valence-corrected chi connectivity index (χ2v) is 5.99. The molecule has 5 nitrogen and oxygen atoms in total. The predicted octanol–water partition coefficient (Wildman–Crippen LogP) is 3.04. The summed E-state index contributed by atoms with van der Waals surface area (Å²) in [5.74, 6) is -0.880. The number of carboxylic acids is 1. The van der Waals surface area contributed by atoms with E-state index in [0.717, 1.165) is 27.5 Å². The fraction of sp³-hybridized carbons (Fsp3) is 0.333. The Labute approximate surface area is 130 Å². The molecule has 0 amide bonds. The van der Waals surface area contributed by atoms with Crippen molar-refractivity contribution in [1.29, 1.82) is 0 Å². The third kappa shape index (κ3) is 3.16. The fourth-order valence-electron chi connectivity index (χ4n) is 2.54. The monoisotopic (exact) mass is 350 g/mol. The Kier molecular flexibility index (Phi) is 4.07. The summed E-state index contributed by atoms with van der Waals surface area (Å²) in [5.41, 5.74) is 1.83. The minimum atomic E-state index is -0.880. The Morgan fingerprint density at radius 3 is 3.10 bits per heavy atom. The van der Waals surface area contributed by atoms with E-state index in [0.29, 0.717) is 13.0 Å². The quantitative estimate of drug-likeness (QED) is 0.886. The molecular formula is C15H15BrN2O3. The zero-order valence-corrected chi connectivity index (χ0v) is 12.8. The molecule has 1 saturated heterocycles. The van der Waals surface area contributed by atoms with Gasteiger partial charge in [-0.1, -0.05) is 12.1 Å². The van der Waals surface area contributed by atoms with E-state index in [1.165, 1.54) is 0 Å². The number of hydrogen-bond donors (Lipinski definition) is 2. The maximum atomic E-state index is 10.9. The molecule has 2 N–H and O–H groups in total. The molecule has 0 aliphatic carbocycles. The maximum Gasteiger partial charge on any atom is 0.332 e. The average molecular weight is 351 g/mol. The van der Waals surface area contributed by atoms with Crippen LogP contribution in [-0.2, 0) is 9.53 Å². The van der Waals surface area contributed by atoms with E-state index in [2.05, 4.69) is 26.2 Å². The van der Waals surface area contributed by atoms with Gasteiger partial charge in [0.15, 0.2) is 6.10 Å². The topological polar surface area (TPSA) is 71.5 Å². The number of para-hydroxylation sites is 1. The Bertz CT molecular complexity index is 677. The zero-order valence-electron chi connectivity index (χ0n) is 11.3. The smallest absolute Gasteiger partial charge is 0.332 e. The number of halogens is 1. The van der Waals surface area contributed by atoms with Gasteiger partial charge in [-0.05, 0) is 40.9 Å². The lowest BCUT2D eigenvalue weighted by Crippen LogP contribution is -2.24. The van der Waals surface area contributed by atoms with Gasteiger partial charge in [0.25, 0.3) is 0 Å². The first kappa shape index (κ1) is 14.3. The number of rotatable bonds is 4. The van der Waals surface area contributed by atoms with Gasteiger partial charge in [0.05, 0.1) is 17.3 Å². The van der Waals surface area contributed by atoms with Crippen LogP contribution < -0.4 is 5.32 Å². The van der Waals surface area contributed by atoms with Crippen LogP contribution in [0.15, 0.2) is 34.9 Å². The number of fused-ring (bicyclic) bond motifs is 1. The van der Waals surface area contributed by atoms with Crippen LogP contribution in [0.5, 0.6) is 0 Å². The Balaban J connectivity index is 1.70. The van der Waals surface area contributed by atoms with E-state index in [-0.39, 0.29) is 6.10 Å². The zero-order chi connectivity index (χ0) is 14.8. The van der Waals surface area contributed by atoms with E-state index in [1.54, 1.807) is 6.20 Å². The van der Waals surface area contributed by atoms with Gasteiger partial charge in [0.2, 0.25) is 0 Å². The van der Waals surface area contributed by atoms with E-state index in [1.807, 2.05) is 24.3 Å². The fourth-order valence-corrected chi connectivity index (χ4v) is 2.89. The van der Waals surface area contributed by atoms with Crippen LogP contribution in [-0.4, -0.2) is 34.8 Å². The van der Waals surface area contributed by atoms with Gasteiger partial charge in [0.1, 0.15) is 0 Å². The highest BCUT2D eigenvalue weighted by atomic mass is 79.9. The van der Waals surface area contributed by atoms with Crippen molar-refractivity contribution in [3.05, 3.63) is 34.9 Å². The molecule has 0 bridgehead atoms. The third-order valence-electron chi connectivity index (χ3n) is 3.58. The summed E-state index contributed by atoms with van der Waals surface area (Å²) in [5, 5.41) is 13.3. The van der Waals surface area contributed by atoms with Crippen molar-refractivity contribution in [3.8, 4) is 0 Å². The molecule has 2 aromatic rings. The second-order valence-electron chi connectivity index (χ2n) is 5.07. The number of ether oxygens (including phenoxy) is 1. The van der Waals surface area contributed by atoms with E-state index >= 15 is 0 Å². The molecule has 110 valence electrons. The molecule has 1 aliphatic heterocycles. The van der Waals surface area contributed by atoms with Crippen molar-refractivity contribution < 1.29 is 14.6 Å². The Morgan fingerprint density at radius 1 is 1.48 bits per heavy atom. The van der Waals surface area contributed by atoms with Gasteiger partial charge in [-0.15, -0.1) is 0 Å². The first-order chi connectivity index (χ1) is 10.1. The summed E-state index contributed by atoms with van der Waals surface area (Å²) in [6, 6.07) is 7.95. The van der Waals surface area contributed by atoms with Crippen molar-refractivity contribution in [2.75, 3.05) is 11.9 Å². The molecule has 0 saturated carbocycles. The van der Waals surface area contributed by atoms with Crippen LogP contribution in [0, 0.1) is 0 Å². The van der Waals surface area contributed by atoms with Crippen molar-refractivity contribution in [3.63, 3.8) is 0 Å². The number of pyridine rings is 1. The molecule has 1 aromatic heterocycles. The highest BCUT2D eigenvalue weighted by Crippen LogP contribution is 2.25. The lowest BCUT2D eigenvalue weighted by atomic mass is 10.1. The number of carboxylic acid groups (broad SMARTS) is 1. The number of anilines is 1. The SMILES string of the molecule is O=C(O)C1CCC(CNc2cccc3cc(Br)cnc23)O1. The number of aliphatic carboxylic acids is 1. The minimum absolute atomic E-state index is 0.0724. The van der Waals surface area contributed by atoms with E-state index in [4.69, 9.17) is 9.84 Å². The molecule has 1 aromatic carbocycles. The number of nitrogens with zero attached hydrogens (tertiary/aromatic N) is 1. The van der Waals surface area contributed by atoms with Gasteiger partial charge in [-0.2, -0.15) is 0 Å². The number of aromatic nitrogens is 1. The van der Waals surface area contributed by atoms with Crippen molar-refractivity contribution in [2.45, 2.75) is 25.0 Å². The number of nitrogens with one attached hydrogen (secondary N) is 1. The molecule has 1 fully saturated rings. The van der Waals surface area contributed by atoms with Crippen LogP contribution in [0.1, 0.15) is 12.8 Å². The predicted molar refractivity (Wildman–Crippen MR) is 83.5 cm³/mol. The van der Waals surface area contributed by atoms with Gasteiger partial charge < -0.3 is 15.2 Å². The number of benzene rings is 1. The second kappa shape index (κ2) is 5.99. The summed E-state index contributed by atoms with van der Waals surface area (Å²) in [6.07, 6.45) is 2.35. The van der Waals surface area contributed by atoms with Crippen molar-refractivity contribution >= 4 is 38.5 Å². The lowest BCUT2D eigenvalue weighted by molar-refractivity contribution is -0.149. The number of hydrogen-bond acceptors (Lipinski definition) is 4. The van der Waals surface area contributed by atoms with Crippen LogP contribution in [0.3, 0.4) is 0 Å². The summed E-state index contributed by atoms with van der Waals surface area (Å²) >= 11 is 3.41. The Morgan fingerprint density at radius 2 is 2.33 bits per heavy atom. The maximum absolute atomic E-state index is 10.9. The Hall–Kier alpha value is -1.66. The van der Waals surface area contributed by atoms with Crippen LogP contribution in [0.25, 0.3) is 10.9 Å². The molecule has 6 heteroatoms. The third-order valence-corrected chi connectivity index (χ3v) is 4.01. The first-order valence-electron chi connectivity index (χ1n) is 6.80. The summed E-state index contributed by atoms with van der Waals surface area (Å²) in [4.78, 5) is 15.3. The normalized spacial score (nSPS) is 21.6. The molecule has 3 rings (SSSR count). The molecule has 21 heavy (non-hydrogen) atoms. The molecule has 2 unspecified atom stereocenters. The summed E-state index contributed by atoms with van der Waals surface area (Å²) < 4.78 is 6.43. The van der Waals surface area contributed by atoms with Gasteiger partial charge in [-0.3, -0.25) is 4.98 Å². The van der Waals surface area contributed by atoms with Gasteiger partial charge in [-0.25, -0.2) is 4.79 Å². The van der Waals surface area contributed by atoms with Gasteiger partial charge in [0, 0.05) is 22.6 Å². The summed E-state index contributed by atoms with van der Waals surface area (Å²) in [6.45, 7) is 0.584. The van der Waals surface area contributed by atoms with Crippen LogP contribution in [0.2, 0.25) is 0 Å². The number of carbonyl (C=O) groups is 1. The molecular weight excluding hydrogens is 336 g/mol. The van der Waals surface area contributed by atoms with Crippen LogP contribution in [0.4, 0.5) is 5.69 Å². The van der Waals surface area contributed by atoms with Crippen LogP contribution >= 0.6 is 15.9 Å².